The Labute approximate surface area is 177 Å². The van der Waals surface area contributed by atoms with E-state index >= 15 is 0 Å². The highest BCUT2D eigenvalue weighted by molar-refractivity contribution is 7.14. The second-order valence-corrected chi connectivity index (χ2v) is 8.11. The predicted molar refractivity (Wildman–Crippen MR) is 116 cm³/mol. The van der Waals surface area contributed by atoms with Crippen molar-refractivity contribution >= 4 is 34.2 Å². The topological polar surface area (TPSA) is 130 Å². The van der Waals surface area contributed by atoms with E-state index in [1.54, 1.807) is 29.8 Å². The number of hydrogen-bond acceptors (Lipinski definition) is 5. The van der Waals surface area contributed by atoms with E-state index in [-0.39, 0.29) is 23.4 Å². The molecule has 1 atom stereocenters. The van der Waals surface area contributed by atoms with Gasteiger partial charge in [-0.15, -0.1) is 11.3 Å². The summed E-state index contributed by atoms with van der Waals surface area (Å²) in [4.78, 5) is 43.7. The number of aromatic nitrogens is 2. The highest BCUT2D eigenvalue weighted by atomic mass is 32.1. The van der Waals surface area contributed by atoms with Gasteiger partial charge in [0.25, 0.3) is 11.8 Å². The lowest BCUT2D eigenvalue weighted by molar-refractivity contribution is -0.118. The molecule has 3 amide bonds. The number of rotatable bonds is 7. The van der Waals surface area contributed by atoms with Gasteiger partial charge in [-0.25, -0.2) is 4.98 Å². The molecule has 156 valence electrons. The predicted octanol–water partition coefficient (Wildman–Crippen LogP) is 2.94. The van der Waals surface area contributed by atoms with E-state index in [4.69, 9.17) is 5.73 Å². The lowest BCUT2D eigenvalue weighted by Gasteiger charge is -2.21. The SMILES string of the molecule is Cc1ccc(C(=O)NC(C(=O)Nc2nc(-c3c[nH]c(C(N)=O)c3)cs2)C(C)C)cc1. The molecule has 9 heteroatoms. The Morgan fingerprint density at radius 3 is 2.47 bits per heavy atom. The van der Waals surface area contributed by atoms with Gasteiger partial charge in [-0.05, 0) is 31.0 Å². The maximum absolute atomic E-state index is 12.8. The van der Waals surface area contributed by atoms with Crippen LogP contribution < -0.4 is 16.4 Å². The summed E-state index contributed by atoms with van der Waals surface area (Å²) in [5.41, 5.74) is 8.36. The number of thiazole rings is 1. The van der Waals surface area contributed by atoms with Crippen molar-refractivity contribution in [2.45, 2.75) is 26.8 Å². The van der Waals surface area contributed by atoms with E-state index < -0.39 is 11.9 Å². The van der Waals surface area contributed by atoms with Crippen molar-refractivity contribution in [2.24, 2.45) is 11.7 Å². The summed E-state index contributed by atoms with van der Waals surface area (Å²) in [7, 11) is 0. The van der Waals surface area contributed by atoms with Crippen LogP contribution in [-0.4, -0.2) is 33.7 Å². The summed E-state index contributed by atoms with van der Waals surface area (Å²) in [6.45, 7) is 5.66. The minimum absolute atomic E-state index is 0.123. The number of amides is 3. The molecular formula is C21H23N5O3S. The molecule has 1 aromatic carbocycles. The summed E-state index contributed by atoms with van der Waals surface area (Å²) in [6.07, 6.45) is 1.62. The van der Waals surface area contributed by atoms with E-state index in [9.17, 15) is 14.4 Å². The molecule has 0 radical (unpaired) electrons. The Kier molecular flexibility index (Phi) is 6.31. The van der Waals surface area contributed by atoms with E-state index in [0.717, 1.165) is 5.56 Å². The first-order chi connectivity index (χ1) is 14.2. The Hall–Kier alpha value is -3.46. The zero-order valence-corrected chi connectivity index (χ0v) is 17.7. The minimum atomic E-state index is -0.722. The van der Waals surface area contributed by atoms with Gasteiger partial charge < -0.3 is 21.4 Å². The molecule has 0 aliphatic heterocycles. The molecule has 0 saturated heterocycles. The van der Waals surface area contributed by atoms with Crippen molar-refractivity contribution in [3.8, 4) is 11.3 Å². The summed E-state index contributed by atoms with van der Waals surface area (Å²) < 4.78 is 0. The van der Waals surface area contributed by atoms with Crippen LogP contribution in [0.1, 0.15) is 40.3 Å². The Morgan fingerprint density at radius 1 is 1.17 bits per heavy atom. The minimum Gasteiger partial charge on any atom is -0.364 e. The number of carbonyl (C=O) groups is 3. The summed E-state index contributed by atoms with van der Waals surface area (Å²) in [5.74, 6) is -1.34. The average Bonchev–Trinajstić information content (AvgIpc) is 3.35. The molecule has 0 saturated carbocycles. The molecule has 0 aliphatic carbocycles. The van der Waals surface area contributed by atoms with Crippen LogP contribution in [-0.2, 0) is 4.79 Å². The molecule has 2 heterocycles. The fourth-order valence-corrected chi connectivity index (χ4v) is 3.52. The molecule has 0 fully saturated rings. The van der Waals surface area contributed by atoms with Crippen LogP contribution in [0.15, 0.2) is 41.9 Å². The van der Waals surface area contributed by atoms with Crippen molar-refractivity contribution in [1.29, 1.82) is 0 Å². The van der Waals surface area contributed by atoms with Gasteiger partial charge in [0.2, 0.25) is 5.91 Å². The first-order valence-corrected chi connectivity index (χ1v) is 10.2. The maximum atomic E-state index is 12.8. The van der Waals surface area contributed by atoms with E-state index in [2.05, 4.69) is 20.6 Å². The fraction of sp³-hybridized carbons (Fsp3) is 0.238. The van der Waals surface area contributed by atoms with Gasteiger partial charge in [0.15, 0.2) is 5.13 Å². The van der Waals surface area contributed by atoms with Crippen LogP contribution in [0.25, 0.3) is 11.3 Å². The molecule has 30 heavy (non-hydrogen) atoms. The quantitative estimate of drug-likeness (QED) is 0.464. The summed E-state index contributed by atoms with van der Waals surface area (Å²) in [5, 5.41) is 7.72. The number of primary amides is 1. The molecule has 5 N–H and O–H groups in total. The van der Waals surface area contributed by atoms with Crippen LogP contribution in [0, 0.1) is 12.8 Å². The van der Waals surface area contributed by atoms with Crippen molar-refractivity contribution in [3.05, 3.63) is 58.7 Å². The number of carbonyl (C=O) groups excluding carboxylic acids is 3. The number of anilines is 1. The Morgan fingerprint density at radius 2 is 1.87 bits per heavy atom. The molecule has 3 rings (SSSR count). The van der Waals surface area contributed by atoms with Gasteiger partial charge in [-0.2, -0.15) is 0 Å². The number of nitrogens with zero attached hydrogens (tertiary/aromatic N) is 1. The number of hydrogen-bond donors (Lipinski definition) is 4. The van der Waals surface area contributed by atoms with Gasteiger partial charge in [-0.1, -0.05) is 31.5 Å². The third-order valence-electron chi connectivity index (χ3n) is 4.53. The van der Waals surface area contributed by atoms with Gasteiger partial charge >= 0.3 is 0 Å². The monoisotopic (exact) mass is 425 g/mol. The van der Waals surface area contributed by atoms with Gasteiger partial charge in [0.1, 0.15) is 11.7 Å². The molecule has 0 bridgehead atoms. The van der Waals surface area contributed by atoms with Crippen LogP contribution in [0.4, 0.5) is 5.13 Å². The third kappa shape index (κ3) is 4.93. The average molecular weight is 426 g/mol. The zero-order valence-electron chi connectivity index (χ0n) is 16.9. The highest BCUT2D eigenvalue weighted by Gasteiger charge is 2.25. The Bertz CT molecular complexity index is 1070. The second-order valence-electron chi connectivity index (χ2n) is 7.25. The maximum Gasteiger partial charge on any atom is 0.265 e. The number of nitrogens with two attached hydrogens (primary N) is 1. The van der Waals surface area contributed by atoms with Gasteiger partial charge in [0.05, 0.1) is 5.69 Å². The van der Waals surface area contributed by atoms with Crippen molar-refractivity contribution < 1.29 is 14.4 Å². The summed E-state index contributed by atoms with van der Waals surface area (Å²) >= 11 is 1.25. The lowest BCUT2D eigenvalue weighted by atomic mass is 10.0. The Balaban J connectivity index is 1.69. The number of nitrogens with one attached hydrogen (secondary N) is 3. The first kappa shape index (κ1) is 21.3. The fourth-order valence-electron chi connectivity index (χ4n) is 2.80. The largest absolute Gasteiger partial charge is 0.364 e. The highest BCUT2D eigenvalue weighted by Crippen LogP contribution is 2.25. The third-order valence-corrected chi connectivity index (χ3v) is 5.29. The molecule has 1 unspecified atom stereocenters. The summed E-state index contributed by atoms with van der Waals surface area (Å²) in [6, 6.07) is 8.03. The van der Waals surface area contributed by atoms with Gasteiger partial charge in [-0.3, -0.25) is 14.4 Å². The van der Waals surface area contributed by atoms with Crippen LogP contribution in [0.3, 0.4) is 0 Å². The van der Waals surface area contributed by atoms with Crippen LogP contribution in [0.5, 0.6) is 0 Å². The smallest absolute Gasteiger partial charge is 0.265 e. The number of aromatic amines is 1. The zero-order chi connectivity index (χ0) is 21.8. The van der Waals surface area contributed by atoms with Crippen LogP contribution in [0.2, 0.25) is 0 Å². The van der Waals surface area contributed by atoms with Crippen molar-refractivity contribution in [2.75, 3.05) is 5.32 Å². The second kappa shape index (κ2) is 8.91. The van der Waals surface area contributed by atoms with Crippen molar-refractivity contribution in [1.82, 2.24) is 15.3 Å². The molecule has 0 spiro atoms. The molecule has 0 aliphatic rings. The van der Waals surface area contributed by atoms with Crippen LogP contribution >= 0.6 is 11.3 Å². The number of H-pyrrole nitrogens is 1. The molecule has 2 aromatic heterocycles. The molecular weight excluding hydrogens is 402 g/mol. The van der Waals surface area contributed by atoms with Gasteiger partial charge in [0, 0.05) is 22.7 Å². The lowest BCUT2D eigenvalue weighted by Crippen LogP contribution is -2.47. The van der Waals surface area contributed by atoms with E-state index in [1.807, 2.05) is 32.9 Å². The molecule has 8 nitrogen and oxygen atoms in total. The molecule has 3 aromatic rings. The number of benzene rings is 1. The van der Waals surface area contributed by atoms with Crippen molar-refractivity contribution in [3.63, 3.8) is 0 Å². The van der Waals surface area contributed by atoms with E-state index in [0.29, 0.717) is 22.0 Å². The number of aryl methyl sites for hydroxylation is 1. The van der Waals surface area contributed by atoms with E-state index in [1.165, 1.54) is 11.3 Å². The first-order valence-electron chi connectivity index (χ1n) is 9.37. The standard InChI is InChI=1S/C21H23N5O3S/c1-11(2)17(25-19(28)13-6-4-12(3)5-7-13)20(29)26-21-24-16(10-30-21)14-8-15(18(22)27)23-9-14/h4-11,17,23H,1-3H3,(H2,22,27)(H,25,28)(H,24,26,29). The normalized spacial score (nSPS) is 11.9.